The van der Waals surface area contributed by atoms with E-state index in [1.165, 1.54) is 0 Å². The van der Waals surface area contributed by atoms with Crippen LogP contribution in [0.25, 0.3) is 0 Å². The molecule has 27 heavy (non-hydrogen) atoms. The predicted octanol–water partition coefficient (Wildman–Crippen LogP) is 3.80. The van der Waals surface area contributed by atoms with Gasteiger partial charge in [-0.05, 0) is 30.5 Å². The van der Waals surface area contributed by atoms with Gasteiger partial charge in [0.25, 0.3) is 0 Å². The Morgan fingerprint density at radius 1 is 1.22 bits per heavy atom. The number of anilines is 1. The molecule has 1 fully saturated rings. The number of rotatable bonds is 6. The molecule has 2 amide bonds. The van der Waals surface area contributed by atoms with Gasteiger partial charge in [-0.25, -0.2) is 4.79 Å². The van der Waals surface area contributed by atoms with Crippen LogP contribution in [0.1, 0.15) is 17.5 Å². The van der Waals surface area contributed by atoms with Crippen LogP contribution in [0.3, 0.4) is 0 Å². The number of aryl methyl sites for hydroxylation is 1. The van der Waals surface area contributed by atoms with Crippen LogP contribution >= 0.6 is 0 Å². The van der Waals surface area contributed by atoms with E-state index in [0.29, 0.717) is 42.8 Å². The van der Waals surface area contributed by atoms with Crippen LogP contribution in [0.5, 0.6) is 0 Å². The van der Waals surface area contributed by atoms with Crippen molar-refractivity contribution < 1.29 is 13.7 Å². The molecule has 1 aliphatic heterocycles. The number of likely N-dealkylation sites (tertiary alicyclic amines) is 1. The normalized spacial score (nSPS) is 17.7. The van der Waals surface area contributed by atoms with E-state index in [4.69, 9.17) is 4.74 Å². The number of para-hydroxylation sites is 1. The van der Waals surface area contributed by atoms with Crippen molar-refractivity contribution in [3.63, 3.8) is 0 Å². The topological polar surface area (TPSA) is 58.6 Å². The number of carbonyl (C=O) groups is 1. The first-order valence-corrected chi connectivity index (χ1v) is 10.7. The van der Waals surface area contributed by atoms with Crippen molar-refractivity contribution in [1.82, 2.24) is 4.90 Å². The monoisotopic (exact) mass is 386 g/mol. The van der Waals surface area contributed by atoms with E-state index in [2.05, 4.69) is 5.32 Å². The van der Waals surface area contributed by atoms with Crippen molar-refractivity contribution in [2.75, 3.05) is 31.3 Å². The van der Waals surface area contributed by atoms with Gasteiger partial charge in [0.1, 0.15) is 0 Å². The van der Waals surface area contributed by atoms with Gasteiger partial charge in [0.15, 0.2) is 0 Å². The molecule has 0 saturated carbocycles. The number of hydrogen-bond donors (Lipinski definition) is 1. The number of benzene rings is 2. The number of amides is 2. The zero-order valence-electron chi connectivity index (χ0n) is 15.8. The van der Waals surface area contributed by atoms with E-state index in [9.17, 15) is 9.00 Å². The third-order valence-electron chi connectivity index (χ3n) is 4.81. The smallest absolute Gasteiger partial charge is 0.321 e. The van der Waals surface area contributed by atoms with E-state index in [1.54, 1.807) is 12.3 Å². The maximum atomic E-state index is 12.7. The number of carbonyl (C=O) groups excluding carboxylic acids is 1. The minimum atomic E-state index is -1.15. The van der Waals surface area contributed by atoms with Crippen LogP contribution in [0.2, 0.25) is 0 Å². The van der Waals surface area contributed by atoms with Gasteiger partial charge >= 0.3 is 6.03 Å². The highest BCUT2D eigenvalue weighted by Crippen LogP contribution is 2.25. The van der Waals surface area contributed by atoms with Gasteiger partial charge in [-0.3, -0.25) is 4.21 Å². The minimum Gasteiger partial charge on any atom is -0.376 e. The van der Waals surface area contributed by atoms with Crippen LogP contribution in [-0.2, 0) is 22.1 Å². The fourth-order valence-electron chi connectivity index (χ4n) is 3.30. The molecule has 1 saturated heterocycles. The largest absolute Gasteiger partial charge is 0.376 e. The molecule has 2 atom stereocenters. The molecule has 0 bridgehead atoms. The lowest BCUT2D eigenvalue weighted by Gasteiger charge is -2.19. The molecule has 0 radical (unpaired) electrons. The molecule has 0 unspecified atom stereocenters. The molecule has 0 aromatic heterocycles. The van der Waals surface area contributed by atoms with Gasteiger partial charge in [0, 0.05) is 25.3 Å². The average molecular weight is 387 g/mol. The highest BCUT2D eigenvalue weighted by atomic mass is 32.2. The molecule has 144 valence electrons. The summed E-state index contributed by atoms with van der Waals surface area (Å²) >= 11 is 0. The SMILES string of the molecule is Cc1cccc([S@@](C)=O)c1NC(=O)N1CC[C@H](COCc2ccccc2)C1. The van der Waals surface area contributed by atoms with Crippen molar-refractivity contribution in [2.45, 2.75) is 24.8 Å². The summed E-state index contributed by atoms with van der Waals surface area (Å²) in [5.74, 6) is 0.344. The summed E-state index contributed by atoms with van der Waals surface area (Å²) in [6.45, 7) is 4.54. The summed E-state index contributed by atoms with van der Waals surface area (Å²) < 4.78 is 17.8. The zero-order chi connectivity index (χ0) is 19.2. The van der Waals surface area contributed by atoms with Crippen LogP contribution < -0.4 is 5.32 Å². The fraction of sp³-hybridized carbons (Fsp3) is 0.381. The second kappa shape index (κ2) is 9.15. The van der Waals surface area contributed by atoms with Gasteiger partial charge in [-0.2, -0.15) is 0 Å². The Labute approximate surface area is 163 Å². The quantitative estimate of drug-likeness (QED) is 0.821. The van der Waals surface area contributed by atoms with Crippen molar-refractivity contribution in [3.8, 4) is 0 Å². The van der Waals surface area contributed by atoms with Crippen molar-refractivity contribution >= 4 is 22.5 Å². The van der Waals surface area contributed by atoms with Crippen LogP contribution in [0.15, 0.2) is 53.4 Å². The predicted molar refractivity (Wildman–Crippen MR) is 108 cm³/mol. The van der Waals surface area contributed by atoms with Gasteiger partial charge in [-0.15, -0.1) is 0 Å². The molecule has 3 rings (SSSR count). The molecule has 2 aromatic rings. The van der Waals surface area contributed by atoms with E-state index < -0.39 is 10.8 Å². The van der Waals surface area contributed by atoms with Gasteiger partial charge < -0.3 is 15.0 Å². The Balaban J connectivity index is 1.52. The molecular formula is C21H26N2O3S. The summed E-state index contributed by atoms with van der Waals surface area (Å²) in [6, 6.07) is 15.5. The number of hydrogen-bond acceptors (Lipinski definition) is 3. The highest BCUT2D eigenvalue weighted by molar-refractivity contribution is 7.84. The number of urea groups is 1. The Hall–Kier alpha value is -2.18. The number of nitrogens with zero attached hydrogens (tertiary/aromatic N) is 1. The van der Waals surface area contributed by atoms with Gasteiger partial charge in [0.05, 0.1) is 34.6 Å². The molecule has 6 heteroatoms. The van der Waals surface area contributed by atoms with E-state index in [-0.39, 0.29) is 6.03 Å². The molecule has 1 heterocycles. The Kier molecular flexibility index (Phi) is 6.63. The lowest BCUT2D eigenvalue weighted by molar-refractivity contribution is 0.0900. The Morgan fingerprint density at radius 3 is 2.74 bits per heavy atom. The molecule has 5 nitrogen and oxygen atoms in total. The first-order valence-electron chi connectivity index (χ1n) is 9.15. The Bertz CT molecular complexity index is 810. The minimum absolute atomic E-state index is 0.137. The van der Waals surface area contributed by atoms with E-state index >= 15 is 0 Å². The second-order valence-electron chi connectivity index (χ2n) is 6.93. The molecular weight excluding hydrogens is 360 g/mol. The molecule has 0 spiro atoms. The van der Waals surface area contributed by atoms with Crippen molar-refractivity contribution in [2.24, 2.45) is 5.92 Å². The lowest BCUT2D eigenvalue weighted by atomic mass is 10.1. The molecule has 2 aromatic carbocycles. The standard InChI is InChI=1S/C21H26N2O3S/c1-16-7-6-10-19(27(2)25)20(16)22-21(24)23-12-11-18(13-23)15-26-14-17-8-4-3-5-9-17/h3-10,18H,11-15H2,1-2H3,(H,22,24)/t18-,27+/m0/s1. The van der Waals surface area contributed by atoms with E-state index in [0.717, 1.165) is 17.5 Å². The summed E-state index contributed by atoms with van der Waals surface area (Å²) in [6.07, 6.45) is 2.56. The van der Waals surface area contributed by atoms with E-state index in [1.807, 2.05) is 54.3 Å². The maximum Gasteiger partial charge on any atom is 0.321 e. The summed E-state index contributed by atoms with van der Waals surface area (Å²) in [5.41, 5.74) is 2.73. The number of ether oxygens (including phenoxy) is 1. The number of nitrogens with one attached hydrogen (secondary N) is 1. The summed E-state index contributed by atoms with van der Waals surface area (Å²) in [4.78, 5) is 15.1. The maximum absolute atomic E-state index is 12.7. The summed E-state index contributed by atoms with van der Waals surface area (Å²) in [7, 11) is -1.15. The van der Waals surface area contributed by atoms with Crippen LogP contribution in [0, 0.1) is 12.8 Å². The van der Waals surface area contributed by atoms with Crippen molar-refractivity contribution in [3.05, 3.63) is 59.7 Å². The summed E-state index contributed by atoms with van der Waals surface area (Å²) in [5, 5.41) is 2.96. The zero-order valence-corrected chi connectivity index (χ0v) is 16.6. The third kappa shape index (κ3) is 5.17. The molecule has 0 aliphatic carbocycles. The average Bonchev–Trinajstić information content (AvgIpc) is 3.13. The van der Waals surface area contributed by atoms with Crippen molar-refractivity contribution in [1.29, 1.82) is 0 Å². The first kappa shape index (κ1) is 19.6. The fourth-order valence-corrected chi connectivity index (χ4v) is 4.07. The molecule has 1 N–H and O–H groups in total. The highest BCUT2D eigenvalue weighted by Gasteiger charge is 2.27. The van der Waals surface area contributed by atoms with Gasteiger partial charge in [-0.1, -0.05) is 42.5 Å². The first-order chi connectivity index (χ1) is 13.0. The van der Waals surface area contributed by atoms with Crippen LogP contribution in [-0.4, -0.2) is 41.1 Å². The van der Waals surface area contributed by atoms with Gasteiger partial charge in [0.2, 0.25) is 0 Å². The third-order valence-corrected chi connectivity index (χ3v) is 5.77. The molecule has 1 aliphatic rings. The second-order valence-corrected chi connectivity index (χ2v) is 8.28. The lowest BCUT2D eigenvalue weighted by Crippen LogP contribution is -2.34. The Morgan fingerprint density at radius 2 is 2.00 bits per heavy atom. The van der Waals surface area contributed by atoms with Crippen LogP contribution in [0.4, 0.5) is 10.5 Å².